The molecule has 0 radical (unpaired) electrons. The van der Waals surface area contributed by atoms with E-state index in [9.17, 15) is 0 Å². The lowest BCUT2D eigenvalue weighted by Crippen LogP contribution is -1.99. The number of thioether (sulfide) groups is 1. The van der Waals surface area contributed by atoms with Gasteiger partial charge in [-0.2, -0.15) is 0 Å². The first-order chi connectivity index (χ1) is 6.61. The first-order valence-electron chi connectivity index (χ1n) is 4.98. The fourth-order valence-corrected chi connectivity index (χ4v) is 2.69. The van der Waals surface area contributed by atoms with Crippen molar-refractivity contribution >= 4 is 17.5 Å². The molecule has 3 N–H and O–H groups in total. The molecule has 3 heteroatoms. The lowest BCUT2D eigenvalue weighted by Gasteiger charge is -2.03. The van der Waals surface area contributed by atoms with Crippen molar-refractivity contribution in [3.63, 3.8) is 0 Å². The molecule has 1 heterocycles. The Kier molecular flexibility index (Phi) is 3.96. The van der Waals surface area contributed by atoms with Crippen LogP contribution in [0.1, 0.15) is 33.6 Å². The molecular formula is C11H18N2S. The molecular weight excluding hydrogens is 192 g/mol. The van der Waals surface area contributed by atoms with Gasteiger partial charge in [0.15, 0.2) is 0 Å². The van der Waals surface area contributed by atoms with E-state index in [1.165, 1.54) is 10.5 Å². The van der Waals surface area contributed by atoms with Gasteiger partial charge in [-0.05, 0) is 43.7 Å². The number of rotatable bonds is 3. The summed E-state index contributed by atoms with van der Waals surface area (Å²) in [6.45, 7) is 6.93. The standard InChI is InChI=1S/C11H18N2S/c1-4-7(2)11-10(13)8(3)9(14-11)5-6-12/h13H,4-6,12H2,1-3H3/b11-7+,13-10?. The Balaban J connectivity index is 2.93. The van der Waals surface area contributed by atoms with Crippen molar-refractivity contribution in [2.24, 2.45) is 5.73 Å². The van der Waals surface area contributed by atoms with E-state index >= 15 is 0 Å². The smallest absolute Gasteiger partial charge is 0.0715 e. The van der Waals surface area contributed by atoms with Gasteiger partial charge in [-0.15, -0.1) is 0 Å². The Hall–Kier alpha value is -0.540. The second-order valence-electron chi connectivity index (χ2n) is 3.53. The zero-order chi connectivity index (χ0) is 10.7. The summed E-state index contributed by atoms with van der Waals surface area (Å²) in [5, 5.41) is 7.98. The zero-order valence-electron chi connectivity index (χ0n) is 9.11. The third kappa shape index (κ3) is 2.10. The van der Waals surface area contributed by atoms with Gasteiger partial charge in [0.05, 0.1) is 5.71 Å². The van der Waals surface area contributed by atoms with Crippen LogP contribution in [0.5, 0.6) is 0 Å². The molecule has 1 aliphatic heterocycles. The highest BCUT2D eigenvalue weighted by atomic mass is 32.2. The Bertz CT molecular complexity index is 313. The molecule has 0 spiro atoms. The van der Waals surface area contributed by atoms with Crippen molar-refractivity contribution in [2.75, 3.05) is 6.54 Å². The molecule has 0 saturated carbocycles. The van der Waals surface area contributed by atoms with Gasteiger partial charge in [0.25, 0.3) is 0 Å². The maximum Gasteiger partial charge on any atom is 0.0715 e. The van der Waals surface area contributed by atoms with Gasteiger partial charge in [0.2, 0.25) is 0 Å². The topological polar surface area (TPSA) is 49.9 Å². The van der Waals surface area contributed by atoms with Crippen LogP contribution in [0.3, 0.4) is 0 Å². The van der Waals surface area contributed by atoms with Crippen molar-refractivity contribution < 1.29 is 0 Å². The molecule has 78 valence electrons. The maximum atomic E-state index is 7.98. The van der Waals surface area contributed by atoms with Crippen molar-refractivity contribution in [1.82, 2.24) is 0 Å². The zero-order valence-corrected chi connectivity index (χ0v) is 9.92. The van der Waals surface area contributed by atoms with Crippen LogP contribution in [-0.4, -0.2) is 12.3 Å². The maximum absolute atomic E-state index is 7.98. The average Bonchev–Trinajstić information content (AvgIpc) is 2.46. The van der Waals surface area contributed by atoms with Crippen LogP contribution >= 0.6 is 11.8 Å². The van der Waals surface area contributed by atoms with Gasteiger partial charge < -0.3 is 5.73 Å². The van der Waals surface area contributed by atoms with E-state index in [1.54, 1.807) is 11.8 Å². The summed E-state index contributed by atoms with van der Waals surface area (Å²) in [4.78, 5) is 2.42. The third-order valence-electron chi connectivity index (χ3n) is 2.53. The Morgan fingerprint density at radius 3 is 2.64 bits per heavy atom. The van der Waals surface area contributed by atoms with Crippen LogP contribution in [0.25, 0.3) is 0 Å². The van der Waals surface area contributed by atoms with Crippen molar-refractivity contribution in [3.8, 4) is 0 Å². The van der Waals surface area contributed by atoms with E-state index in [1.807, 2.05) is 6.92 Å². The van der Waals surface area contributed by atoms with Gasteiger partial charge >= 0.3 is 0 Å². The van der Waals surface area contributed by atoms with E-state index in [2.05, 4.69) is 13.8 Å². The van der Waals surface area contributed by atoms with Crippen LogP contribution < -0.4 is 5.73 Å². The molecule has 0 bridgehead atoms. The fraction of sp³-hybridized carbons (Fsp3) is 0.545. The summed E-state index contributed by atoms with van der Waals surface area (Å²) in [5.74, 6) is 0. The molecule has 0 atom stereocenters. The lowest BCUT2D eigenvalue weighted by atomic mass is 10.1. The first-order valence-corrected chi connectivity index (χ1v) is 5.80. The summed E-state index contributed by atoms with van der Waals surface area (Å²) in [7, 11) is 0. The molecule has 0 aromatic rings. The highest BCUT2D eigenvalue weighted by Gasteiger charge is 2.23. The van der Waals surface area contributed by atoms with Crippen molar-refractivity contribution in [3.05, 3.63) is 21.0 Å². The lowest BCUT2D eigenvalue weighted by molar-refractivity contribution is 0.991. The Morgan fingerprint density at radius 2 is 2.14 bits per heavy atom. The van der Waals surface area contributed by atoms with Crippen LogP contribution in [0.4, 0.5) is 0 Å². The summed E-state index contributed by atoms with van der Waals surface area (Å²) in [6.07, 6.45) is 1.92. The molecule has 0 unspecified atom stereocenters. The predicted molar refractivity (Wildman–Crippen MR) is 64.7 cm³/mol. The largest absolute Gasteiger partial charge is 0.330 e. The minimum absolute atomic E-state index is 0.672. The normalized spacial score (nSPS) is 20.7. The molecule has 0 saturated heterocycles. The molecule has 0 aromatic carbocycles. The van der Waals surface area contributed by atoms with Crippen LogP contribution in [0, 0.1) is 5.41 Å². The van der Waals surface area contributed by atoms with E-state index in [0.717, 1.165) is 23.3 Å². The van der Waals surface area contributed by atoms with Gasteiger partial charge in [0.1, 0.15) is 0 Å². The first kappa shape index (κ1) is 11.5. The number of nitrogens with two attached hydrogens (primary N) is 1. The van der Waals surface area contributed by atoms with E-state index in [0.29, 0.717) is 12.3 Å². The van der Waals surface area contributed by atoms with Crippen LogP contribution in [-0.2, 0) is 0 Å². The number of hydrogen-bond donors (Lipinski definition) is 2. The molecule has 0 fully saturated rings. The molecule has 14 heavy (non-hydrogen) atoms. The van der Waals surface area contributed by atoms with Crippen LogP contribution in [0.2, 0.25) is 0 Å². The van der Waals surface area contributed by atoms with E-state index in [-0.39, 0.29) is 0 Å². The Labute approximate surface area is 90.2 Å². The monoisotopic (exact) mass is 210 g/mol. The molecule has 0 aliphatic carbocycles. The summed E-state index contributed by atoms with van der Waals surface area (Å²) >= 11 is 1.74. The molecule has 0 amide bonds. The van der Waals surface area contributed by atoms with Gasteiger partial charge in [-0.1, -0.05) is 24.3 Å². The van der Waals surface area contributed by atoms with Gasteiger partial charge in [-0.3, -0.25) is 5.41 Å². The van der Waals surface area contributed by atoms with E-state index in [4.69, 9.17) is 11.1 Å². The third-order valence-corrected chi connectivity index (χ3v) is 4.05. The highest BCUT2D eigenvalue weighted by molar-refractivity contribution is 8.08. The summed E-state index contributed by atoms with van der Waals surface area (Å²) < 4.78 is 0. The van der Waals surface area contributed by atoms with Crippen molar-refractivity contribution in [1.29, 1.82) is 5.41 Å². The number of nitrogens with one attached hydrogen (secondary N) is 1. The van der Waals surface area contributed by atoms with E-state index < -0.39 is 0 Å². The molecule has 0 aromatic heterocycles. The number of hydrogen-bond acceptors (Lipinski definition) is 3. The van der Waals surface area contributed by atoms with Crippen molar-refractivity contribution in [2.45, 2.75) is 33.6 Å². The second kappa shape index (κ2) is 4.80. The predicted octanol–water partition coefficient (Wildman–Crippen LogP) is 3.06. The highest BCUT2D eigenvalue weighted by Crippen LogP contribution is 2.41. The quantitative estimate of drug-likeness (QED) is 0.752. The molecule has 1 aliphatic rings. The SMILES string of the molecule is CC/C(C)=C1/SC(CCN)=C(C)C1=N. The Morgan fingerprint density at radius 1 is 1.50 bits per heavy atom. The summed E-state index contributed by atoms with van der Waals surface area (Å²) in [5.41, 5.74) is 8.67. The average molecular weight is 210 g/mol. The summed E-state index contributed by atoms with van der Waals surface area (Å²) in [6, 6.07) is 0. The molecule has 1 rings (SSSR count). The second-order valence-corrected chi connectivity index (χ2v) is 4.63. The van der Waals surface area contributed by atoms with Crippen LogP contribution in [0.15, 0.2) is 21.0 Å². The van der Waals surface area contributed by atoms with Gasteiger partial charge in [-0.25, -0.2) is 0 Å². The van der Waals surface area contributed by atoms with Gasteiger partial charge in [0, 0.05) is 4.91 Å². The minimum atomic E-state index is 0.672. The molecule has 2 nitrogen and oxygen atoms in total. The number of allylic oxidation sites excluding steroid dienone is 3. The fourth-order valence-electron chi connectivity index (χ4n) is 1.39. The minimum Gasteiger partial charge on any atom is -0.330 e.